The summed E-state index contributed by atoms with van der Waals surface area (Å²) in [7, 11) is 1.58. The maximum atomic E-state index is 11.6. The Kier molecular flexibility index (Phi) is 4.13. The van der Waals surface area contributed by atoms with E-state index in [1.807, 2.05) is 24.3 Å². The van der Waals surface area contributed by atoms with Crippen LogP contribution in [0.1, 0.15) is 15.9 Å². The lowest BCUT2D eigenvalue weighted by atomic mass is 10.1. The number of hydrogen-bond acceptors (Lipinski definition) is 4. The van der Waals surface area contributed by atoms with E-state index in [9.17, 15) is 9.59 Å². The Bertz CT molecular complexity index is 709. The van der Waals surface area contributed by atoms with Gasteiger partial charge in [0.25, 0.3) is 5.91 Å². The highest BCUT2D eigenvalue weighted by atomic mass is 32.1. The van der Waals surface area contributed by atoms with Crippen LogP contribution in [-0.4, -0.2) is 19.0 Å². The second-order valence-corrected chi connectivity index (χ2v) is 5.37. The van der Waals surface area contributed by atoms with Crippen molar-refractivity contribution in [2.45, 2.75) is 6.92 Å². The van der Waals surface area contributed by atoms with E-state index >= 15 is 0 Å². The van der Waals surface area contributed by atoms with Gasteiger partial charge in [-0.25, -0.2) is 4.79 Å². The molecule has 0 saturated carbocycles. The van der Waals surface area contributed by atoms with Gasteiger partial charge in [-0.15, -0.1) is 11.3 Å². The summed E-state index contributed by atoms with van der Waals surface area (Å²) in [6.07, 6.45) is 0. The monoisotopic (exact) mass is 305 g/mol. The van der Waals surface area contributed by atoms with E-state index in [1.54, 1.807) is 14.0 Å². The third-order valence-electron chi connectivity index (χ3n) is 2.96. The summed E-state index contributed by atoms with van der Waals surface area (Å²) < 4.78 is 5.19. The molecule has 0 aliphatic rings. The van der Waals surface area contributed by atoms with E-state index in [0.717, 1.165) is 10.4 Å². The number of anilines is 1. The Labute approximate surface area is 125 Å². The Morgan fingerprint density at radius 1 is 1.29 bits per heavy atom. The van der Waals surface area contributed by atoms with Crippen LogP contribution in [-0.2, 0) is 0 Å². The van der Waals surface area contributed by atoms with Gasteiger partial charge in [-0.1, -0.05) is 12.1 Å². The van der Waals surface area contributed by atoms with Crippen molar-refractivity contribution in [2.24, 2.45) is 11.5 Å². The molecular formula is C14H15N3O3S. The molecule has 1 aromatic carbocycles. The molecular weight excluding hydrogens is 290 g/mol. The zero-order chi connectivity index (χ0) is 15.6. The largest absolute Gasteiger partial charge is 0.497 e. The van der Waals surface area contributed by atoms with Crippen LogP contribution in [0.25, 0.3) is 10.4 Å². The molecule has 0 radical (unpaired) electrons. The summed E-state index contributed by atoms with van der Waals surface area (Å²) in [5.41, 5.74) is 12.4. The number of carbonyl (C=O) groups excluding carboxylic acids is 2. The first-order valence-corrected chi connectivity index (χ1v) is 6.89. The van der Waals surface area contributed by atoms with Crippen LogP contribution >= 0.6 is 11.3 Å². The molecule has 3 amide bonds. The van der Waals surface area contributed by atoms with Crippen molar-refractivity contribution in [1.82, 2.24) is 0 Å². The molecule has 6 nitrogen and oxygen atoms in total. The minimum absolute atomic E-state index is 0.275. The number of amides is 3. The molecule has 0 aliphatic heterocycles. The quantitative estimate of drug-likeness (QED) is 0.806. The molecule has 0 unspecified atom stereocenters. The molecule has 1 aromatic heterocycles. The molecule has 2 rings (SSSR count). The standard InChI is InChI=1S/C14H15N3O3S/c1-7-10(12(15)18)13(17-14(16)19)21-11(7)8-4-3-5-9(6-8)20-2/h3-6H,1-2H3,(H2,15,18)(H3,16,17,19). The van der Waals surface area contributed by atoms with Gasteiger partial charge in [-0.05, 0) is 30.2 Å². The number of nitrogens with one attached hydrogen (secondary N) is 1. The minimum atomic E-state index is -0.740. The lowest BCUT2D eigenvalue weighted by Crippen LogP contribution is -2.21. The first kappa shape index (κ1) is 14.9. The number of thiophene rings is 1. The fraction of sp³-hybridized carbons (Fsp3) is 0.143. The van der Waals surface area contributed by atoms with E-state index in [2.05, 4.69) is 5.32 Å². The molecule has 21 heavy (non-hydrogen) atoms. The predicted octanol–water partition coefficient (Wildman–Crippen LogP) is 2.32. The molecule has 0 spiro atoms. The van der Waals surface area contributed by atoms with Gasteiger partial charge in [0, 0.05) is 4.88 Å². The van der Waals surface area contributed by atoms with Gasteiger partial charge in [0.1, 0.15) is 10.8 Å². The first-order valence-electron chi connectivity index (χ1n) is 6.08. The summed E-state index contributed by atoms with van der Waals surface area (Å²) in [5, 5.41) is 2.79. The number of benzene rings is 1. The lowest BCUT2D eigenvalue weighted by molar-refractivity contribution is 0.100. The van der Waals surface area contributed by atoms with E-state index in [1.165, 1.54) is 11.3 Å². The number of hydrogen-bond donors (Lipinski definition) is 3. The zero-order valence-corrected chi connectivity index (χ0v) is 12.4. The maximum Gasteiger partial charge on any atom is 0.317 e. The molecule has 110 valence electrons. The number of nitrogens with two attached hydrogens (primary N) is 2. The average molecular weight is 305 g/mol. The van der Waals surface area contributed by atoms with Gasteiger partial charge in [0.2, 0.25) is 0 Å². The van der Waals surface area contributed by atoms with Gasteiger partial charge < -0.3 is 16.2 Å². The fourth-order valence-electron chi connectivity index (χ4n) is 2.05. The molecule has 0 atom stereocenters. The third-order valence-corrected chi connectivity index (χ3v) is 4.22. The summed E-state index contributed by atoms with van der Waals surface area (Å²) in [4.78, 5) is 23.5. The van der Waals surface area contributed by atoms with Crippen LogP contribution in [0.3, 0.4) is 0 Å². The Hall–Kier alpha value is -2.54. The van der Waals surface area contributed by atoms with Crippen LogP contribution in [0.15, 0.2) is 24.3 Å². The van der Waals surface area contributed by atoms with Crippen LogP contribution in [0.2, 0.25) is 0 Å². The number of carbonyl (C=O) groups is 2. The summed E-state index contributed by atoms with van der Waals surface area (Å²) in [5.74, 6) is 0.0898. The number of methoxy groups -OCH3 is 1. The van der Waals surface area contributed by atoms with E-state index < -0.39 is 11.9 Å². The molecule has 2 aromatic rings. The van der Waals surface area contributed by atoms with Crippen LogP contribution in [0, 0.1) is 6.92 Å². The van der Waals surface area contributed by atoms with Gasteiger partial charge in [0.05, 0.1) is 12.7 Å². The van der Waals surface area contributed by atoms with Crippen molar-refractivity contribution in [2.75, 3.05) is 12.4 Å². The Morgan fingerprint density at radius 3 is 2.57 bits per heavy atom. The van der Waals surface area contributed by atoms with Crippen LogP contribution in [0.5, 0.6) is 5.75 Å². The third kappa shape index (κ3) is 2.97. The van der Waals surface area contributed by atoms with E-state index in [0.29, 0.717) is 16.3 Å². The Balaban J connectivity index is 2.58. The Morgan fingerprint density at radius 2 is 2.00 bits per heavy atom. The fourth-order valence-corrected chi connectivity index (χ4v) is 3.26. The summed E-state index contributed by atoms with van der Waals surface area (Å²) in [6, 6.07) is 6.66. The van der Waals surface area contributed by atoms with Gasteiger partial charge >= 0.3 is 6.03 Å². The first-order chi connectivity index (χ1) is 9.93. The molecule has 1 heterocycles. The van der Waals surface area contributed by atoms with E-state index in [-0.39, 0.29) is 5.56 Å². The predicted molar refractivity (Wildman–Crippen MR) is 82.8 cm³/mol. The lowest BCUT2D eigenvalue weighted by Gasteiger charge is -2.04. The molecule has 7 heteroatoms. The van der Waals surface area contributed by atoms with E-state index in [4.69, 9.17) is 16.2 Å². The highest BCUT2D eigenvalue weighted by Gasteiger charge is 2.21. The highest BCUT2D eigenvalue weighted by molar-refractivity contribution is 7.20. The summed E-state index contributed by atoms with van der Waals surface area (Å²) in [6.45, 7) is 1.78. The van der Waals surface area contributed by atoms with Crippen LogP contribution < -0.4 is 21.5 Å². The molecule has 0 fully saturated rings. The topological polar surface area (TPSA) is 107 Å². The SMILES string of the molecule is COc1cccc(-c2sc(NC(N)=O)c(C(N)=O)c2C)c1. The number of urea groups is 1. The second-order valence-electron chi connectivity index (χ2n) is 4.35. The second kappa shape index (κ2) is 5.84. The normalized spacial score (nSPS) is 10.2. The zero-order valence-electron chi connectivity index (χ0n) is 11.6. The van der Waals surface area contributed by atoms with Gasteiger partial charge in [-0.2, -0.15) is 0 Å². The number of rotatable bonds is 4. The molecule has 0 bridgehead atoms. The summed E-state index contributed by atoms with van der Waals surface area (Å²) >= 11 is 1.25. The molecule has 0 saturated heterocycles. The highest BCUT2D eigenvalue weighted by Crippen LogP contribution is 2.40. The van der Waals surface area contributed by atoms with Crippen molar-refractivity contribution < 1.29 is 14.3 Å². The van der Waals surface area contributed by atoms with Crippen molar-refractivity contribution >= 4 is 28.3 Å². The number of ether oxygens (including phenoxy) is 1. The minimum Gasteiger partial charge on any atom is -0.497 e. The average Bonchev–Trinajstić information content (AvgIpc) is 2.74. The smallest absolute Gasteiger partial charge is 0.317 e. The van der Waals surface area contributed by atoms with Gasteiger partial charge in [-0.3, -0.25) is 10.1 Å². The molecule has 5 N–H and O–H groups in total. The number of primary amides is 2. The van der Waals surface area contributed by atoms with Crippen molar-refractivity contribution in [1.29, 1.82) is 0 Å². The van der Waals surface area contributed by atoms with Crippen molar-refractivity contribution in [3.8, 4) is 16.2 Å². The van der Waals surface area contributed by atoms with Crippen molar-refractivity contribution in [3.63, 3.8) is 0 Å². The van der Waals surface area contributed by atoms with Crippen LogP contribution in [0.4, 0.5) is 9.80 Å². The van der Waals surface area contributed by atoms with Crippen molar-refractivity contribution in [3.05, 3.63) is 35.4 Å². The molecule has 0 aliphatic carbocycles. The van der Waals surface area contributed by atoms with Gasteiger partial charge in [0.15, 0.2) is 0 Å². The maximum absolute atomic E-state index is 11.6.